The smallest absolute Gasteiger partial charge is 0.253 e. The third kappa shape index (κ3) is 3.07. The molecule has 1 rings (SSSR count). The van der Waals surface area contributed by atoms with Gasteiger partial charge in [-0.1, -0.05) is 17.2 Å². The van der Waals surface area contributed by atoms with Gasteiger partial charge >= 0.3 is 0 Å². The Labute approximate surface area is 97.2 Å². The lowest BCUT2D eigenvalue weighted by Crippen LogP contribution is -2.35. The molecule has 0 aliphatic carbocycles. The van der Waals surface area contributed by atoms with Crippen molar-refractivity contribution in [2.24, 2.45) is 5.73 Å². The number of nitrogens with two attached hydrogens (primary N) is 1. The summed E-state index contributed by atoms with van der Waals surface area (Å²) in [6.45, 7) is 7.79. The number of carbonyl (C=O) groups excluding carboxylic acids is 1. The highest BCUT2D eigenvalue weighted by Crippen LogP contribution is 2.11. The molecule has 0 fully saturated rings. The Balaban J connectivity index is 2.94. The minimum Gasteiger partial charge on any atom is -0.338 e. The quantitative estimate of drug-likeness (QED) is 0.840. The van der Waals surface area contributed by atoms with Gasteiger partial charge in [0.25, 0.3) is 5.91 Å². The number of aryl methyl sites for hydroxylation is 2. The fourth-order valence-corrected chi connectivity index (χ4v) is 1.84. The van der Waals surface area contributed by atoms with E-state index in [1.54, 1.807) is 4.90 Å². The molecule has 0 heterocycles. The molecular weight excluding hydrogens is 200 g/mol. The summed E-state index contributed by atoms with van der Waals surface area (Å²) in [4.78, 5) is 13.9. The maximum atomic E-state index is 12.1. The van der Waals surface area contributed by atoms with Crippen LogP contribution in [0.4, 0.5) is 0 Å². The predicted octanol–water partition coefficient (Wildman–Crippen LogP) is 1.72. The molecule has 0 atom stereocenters. The zero-order valence-electron chi connectivity index (χ0n) is 10.3. The molecule has 0 aromatic heterocycles. The van der Waals surface area contributed by atoms with Gasteiger partial charge in [0.05, 0.1) is 0 Å². The van der Waals surface area contributed by atoms with Crippen LogP contribution < -0.4 is 5.73 Å². The van der Waals surface area contributed by atoms with Crippen LogP contribution in [0.25, 0.3) is 0 Å². The van der Waals surface area contributed by atoms with Gasteiger partial charge in [-0.15, -0.1) is 0 Å². The van der Waals surface area contributed by atoms with E-state index < -0.39 is 0 Å². The zero-order chi connectivity index (χ0) is 12.1. The van der Waals surface area contributed by atoms with E-state index in [9.17, 15) is 4.79 Å². The largest absolute Gasteiger partial charge is 0.338 e. The molecule has 0 saturated heterocycles. The Morgan fingerprint density at radius 2 is 1.81 bits per heavy atom. The topological polar surface area (TPSA) is 46.3 Å². The fraction of sp³-hybridized carbons (Fsp3) is 0.462. The molecule has 0 aliphatic rings. The molecule has 3 heteroatoms. The minimum absolute atomic E-state index is 0.0692. The molecule has 3 nitrogen and oxygen atoms in total. The van der Waals surface area contributed by atoms with E-state index in [-0.39, 0.29) is 5.91 Å². The first-order chi connectivity index (χ1) is 7.58. The predicted molar refractivity (Wildman–Crippen MR) is 66.5 cm³/mol. The van der Waals surface area contributed by atoms with E-state index in [2.05, 4.69) is 6.07 Å². The lowest BCUT2D eigenvalue weighted by Gasteiger charge is -2.20. The Kier molecular flexibility index (Phi) is 4.50. The maximum absolute atomic E-state index is 12.1. The molecule has 0 saturated carbocycles. The Morgan fingerprint density at radius 3 is 2.25 bits per heavy atom. The summed E-state index contributed by atoms with van der Waals surface area (Å²) in [5, 5.41) is 0. The van der Waals surface area contributed by atoms with Crippen molar-refractivity contribution in [3.63, 3.8) is 0 Å². The van der Waals surface area contributed by atoms with Crippen LogP contribution in [0.15, 0.2) is 18.2 Å². The highest BCUT2D eigenvalue weighted by Gasteiger charge is 2.13. The van der Waals surface area contributed by atoms with Crippen LogP contribution in [-0.4, -0.2) is 30.4 Å². The van der Waals surface area contributed by atoms with Crippen molar-refractivity contribution in [1.82, 2.24) is 4.90 Å². The highest BCUT2D eigenvalue weighted by molar-refractivity contribution is 5.94. The summed E-state index contributed by atoms with van der Waals surface area (Å²) in [6, 6.07) is 5.92. The molecule has 0 radical (unpaired) electrons. The maximum Gasteiger partial charge on any atom is 0.253 e. The van der Waals surface area contributed by atoms with Crippen molar-refractivity contribution >= 4 is 5.91 Å². The molecule has 0 unspecified atom stereocenters. The van der Waals surface area contributed by atoms with Crippen LogP contribution in [0.1, 0.15) is 28.4 Å². The number of rotatable bonds is 4. The number of amides is 1. The molecule has 88 valence electrons. The summed E-state index contributed by atoms with van der Waals surface area (Å²) >= 11 is 0. The zero-order valence-corrected chi connectivity index (χ0v) is 10.3. The van der Waals surface area contributed by atoms with Crippen LogP contribution in [0.2, 0.25) is 0 Å². The third-order valence-electron chi connectivity index (χ3n) is 2.54. The number of benzene rings is 1. The molecule has 1 aromatic carbocycles. The summed E-state index contributed by atoms with van der Waals surface area (Å²) in [5.41, 5.74) is 8.48. The number of likely N-dealkylation sites (N-methyl/N-ethyl adjacent to an activating group) is 1. The van der Waals surface area contributed by atoms with Gasteiger partial charge in [0.1, 0.15) is 0 Å². The second kappa shape index (κ2) is 5.66. The number of hydrogen-bond acceptors (Lipinski definition) is 2. The standard InChI is InChI=1S/C13H20N2O/c1-4-15(6-5-14)13(16)12-8-10(2)7-11(3)9-12/h7-9H,4-6,14H2,1-3H3. The van der Waals surface area contributed by atoms with Crippen molar-refractivity contribution in [2.75, 3.05) is 19.6 Å². The van der Waals surface area contributed by atoms with Crippen molar-refractivity contribution in [2.45, 2.75) is 20.8 Å². The van der Waals surface area contributed by atoms with Crippen LogP contribution in [0.5, 0.6) is 0 Å². The van der Waals surface area contributed by atoms with Gasteiger partial charge in [-0.05, 0) is 32.9 Å². The van der Waals surface area contributed by atoms with Gasteiger partial charge in [-0.2, -0.15) is 0 Å². The van der Waals surface area contributed by atoms with Crippen LogP contribution in [0, 0.1) is 13.8 Å². The number of nitrogens with zero attached hydrogens (tertiary/aromatic N) is 1. The van der Waals surface area contributed by atoms with Crippen molar-refractivity contribution in [1.29, 1.82) is 0 Å². The van der Waals surface area contributed by atoms with Crippen molar-refractivity contribution < 1.29 is 4.79 Å². The van der Waals surface area contributed by atoms with Crippen molar-refractivity contribution in [3.8, 4) is 0 Å². The van der Waals surface area contributed by atoms with E-state index in [0.717, 1.165) is 16.7 Å². The molecule has 1 amide bonds. The molecule has 0 aliphatic heterocycles. The van der Waals surface area contributed by atoms with E-state index in [1.165, 1.54) is 0 Å². The van der Waals surface area contributed by atoms with Crippen LogP contribution in [0.3, 0.4) is 0 Å². The first kappa shape index (κ1) is 12.7. The van der Waals surface area contributed by atoms with Gasteiger partial charge in [0.2, 0.25) is 0 Å². The van der Waals surface area contributed by atoms with Gasteiger partial charge in [-0.3, -0.25) is 4.79 Å². The summed E-state index contributed by atoms with van der Waals surface area (Å²) < 4.78 is 0. The van der Waals surface area contributed by atoms with Crippen LogP contribution in [-0.2, 0) is 0 Å². The van der Waals surface area contributed by atoms with Gasteiger partial charge in [-0.25, -0.2) is 0 Å². The van der Waals surface area contributed by atoms with Crippen LogP contribution >= 0.6 is 0 Å². The minimum atomic E-state index is 0.0692. The Morgan fingerprint density at radius 1 is 1.25 bits per heavy atom. The normalized spacial score (nSPS) is 10.2. The summed E-state index contributed by atoms with van der Waals surface area (Å²) in [7, 11) is 0. The average Bonchev–Trinajstić information content (AvgIpc) is 2.23. The monoisotopic (exact) mass is 220 g/mol. The summed E-state index contributed by atoms with van der Waals surface area (Å²) in [6.07, 6.45) is 0. The fourth-order valence-electron chi connectivity index (χ4n) is 1.84. The lowest BCUT2D eigenvalue weighted by atomic mass is 10.1. The average molecular weight is 220 g/mol. The molecule has 16 heavy (non-hydrogen) atoms. The van der Waals surface area contributed by atoms with E-state index in [1.807, 2.05) is 32.9 Å². The van der Waals surface area contributed by atoms with E-state index >= 15 is 0 Å². The molecule has 2 N–H and O–H groups in total. The Hall–Kier alpha value is -1.35. The molecule has 0 spiro atoms. The van der Waals surface area contributed by atoms with Crippen molar-refractivity contribution in [3.05, 3.63) is 34.9 Å². The van der Waals surface area contributed by atoms with Gasteiger partial charge < -0.3 is 10.6 Å². The van der Waals surface area contributed by atoms with E-state index in [4.69, 9.17) is 5.73 Å². The molecule has 0 bridgehead atoms. The molecular formula is C13H20N2O. The molecule has 1 aromatic rings. The van der Waals surface area contributed by atoms with Gasteiger partial charge in [0, 0.05) is 25.2 Å². The lowest BCUT2D eigenvalue weighted by molar-refractivity contribution is 0.0769. The third-order valence-corrected chi connectivity index (χ3v) is 2.54. The first-order valence-electron chi connectivity index (χ1n) is 5.66. The highest BCUT2D eigenvalue weighted by atomic mass is 16.2. The number of hydrogen-bond donors (Lipinski definition) is 1. The van der Waals surface area contributed by atoms with E-state index in [0.29, 0.717) is 19.6 Å². The van der Waals surface area contributed by atoms with Gasteiger partial charge in [0.15, 0.2) is 0 Å². The number of carbonyl (C=O) groups is 1. The SMILES string of the molecule is CCN(CCN)C(=O)c1cc(C)cc(C)c1. The Bertz CT molecular complexity index is 354. The second-order valence-corrected chi connectivity index (χ2v) is 4.05. The first-order valence-corrected chi connectivity index (χ1v) is 5.66. The summed E-state index contributed by atoms with van der Waals surface area (Å²) in [5.74, 6) is 0.0692. The second-order valence-electron chi connectivity index (χ2n) is 4.05.